The second-order valence-corrected chi connectivity index (χ2v) is 3.49. The SMILES string of the molecule is NC(=O)C1=COC(/C=C/C=C/CC2OC=CO2)O1. The highest BCUT2D eigenvalue weighted by Gasteiger charge is 2.20. The van der Waals surface area contributed by atoms with E-state index in [1.54, 1.807) is 18.2 Å². The Morgan fingerprint density at radius 1 is 1.28 bits per heavy atom. The fourth-order valence-electron chi connectivity index (χ4n) is 1.32. The normalized spacial score (nSPS) is 22.7. The van der Waals surface area contributed by atoms with Crippen LogP contribution in [0.1, 0.15) is 6.42 Å². The Balaban J connectivity index is 1.66. The third kappa shape index (κ3) is 3.31. The molecule has 0 saturated carbocycles. The van der Waals surface area contributed by atoms with Gasteiger partial charge in [-0.1, -0.05) is 18.2 Å². The number of hydrogen-bond donors (Lipinski definition) is 1. The maximum absolute atomic E-state index is 10.7. The minimum atomic E-state index is -0.649. The summed E-state index contributed by atoms with van der Waals surface area (Å²) < 4.78 is 20.3. The van der Waals surface area contributed by atoms with Gasteiger partial charge in [0.25, 0.3) is 12.2 Å². The lowest BCUT2D eigenvalue weighted by molar-refractivity contribution is -0.119. The second-order valence-electron chi connectivity index (χ2n) is 3.49. The highest BCUT2D eigenvalue weighted by atomic mass is 16.7. The molecule has 1 unspecified atom stereocenters. The molecule has 2 aliphatic rings. The molecule has 0 aromatic rings. The lowest BCUT2D eigenvalue weighted by atomic mass is 10.3. The molecule has 0 aromatic heterocycles. The quantitative estimate of drug-likeness (QED) is 0.738. The predicted octanol–water partition coefficient (Wildman–Crippen LogP) is 1.03. The summed E-state index contributed by atoms with van der Waals surface area (Å²) in [5, 5.41) is 0. The van der Waals surface area contributed by atoms with Crippen molar-refractivity contribution in [3.05, 3.63) is 48.8 Å². The summed E-state index contributed by atoms with van der Waals surface area (Å²) in [6.07, 6.45) is 11.1. The van der Waals surface area contributed by atoms with Crippen molar-refractivity contribution >= 4 is 5.91 Å². The van der Waals surface area contributed by atoms with E-state index in [1.165, 1.54) is 18.8 Å². The third-order valence-electron chi connectivity index (χ3n) is 2.16. The van der Waals surface area contributed by atoms with Gasteiger partial charge in [0, 0.05) is 6.42 Å². The number of amides is 1. The Bertz CT molecular complexity index is 416. The topological polar surface area (TPSA) is 80.0 Å². The van der Waals surface area contributed by atoms with E-state index < -0.39 is 12.2 Å². The molecule has 0 saturated heterocycles. The van der Waals surface area contributed by atoms with E-state index in [0.29, 0.717) is 6.42 Å². The maximum atomic E-state index is 10.7. The van der Waals surface area contributed by atoms with Gasteiger partial charge in [0.1, 0.15) is 18.8 Å². The molecule has 18 heavy (non-hydrogen) atoms. The smallest absolute Gasteiger partial charge is 0.287 e. The van der Waals surface area contributed by atoms with Gasteiger partial charge in [-0.15, -0.1) is 0 Å². The maximum Gasteiger partial charge on any atom is 0.287 e. The average Bonchev–Trinajstić information content (AvgIpc) is 2.98. The molecule has 1 atom stereocenters. The highest BCUT2D eigenvalue weighted by Crippen LogP contribution is 2.14. The first-order valence-electron chi connectivity index (χ1n) is 5.37. The van der Waals surface area contributed by atoms with Crippen molar-refractivity contribution in [2.45, 2.75) is 19.0 Å². The molecule has 0 aliphatic carbocycles. The molecule has 0 radical (unpaired) electrons. The van der Waals surface area contributed by atoms with Gasteiger partial charge in [0.15, 0.2) is 0 Å². The largest absolute Gasteiger partial charge is 0.459 e. The lowest BCUT2D eigenvalue weighted by Crippen LogP contribution is -2.16. The first-order valence-corrected chi connectivity index (χ1v) is 5.37. The fourth-order valence-corrected chi connectivity index (χ4v) is 1.32. The average molecular weight is 251 g/mol. The molecule has 0 aromatic carbocycles. The van der Waals surface area contributed by atoms with Crippen LogP contribution in [0.5, 0.6) is 0 Å². The van der Waals surface area contributed by atoms with Crippen LogP contribution in [0.4, 0.5) is 0 Å². The Labute approximate surface area is 104 Å². The molecule has 6 nitrogen and oxygen atoms in total. The number of nitrogens with two attached hydrogens (primary N) is 1. The van der Waals surface area contributed by atoms with Gasteiger partial charge in [-0.25, -0.2) is 0 Å². The molecule has 1 amide bonds. The Kier molecular flexibility index (Phi) is 3.90. The molecule has 96 valence electrons. The molecule has 0 spiro atoms. The van der Waals surface area contributed by atoms with Crippen LogP contribution in [0.3, 0.4) is 0 Å². The van der Waals surface area contributed by atoms with E-state index in [-0.39, 0.29) is 12.0 Å². The molecule has 0 bridgehead atoms. The number of allylic oxidation sites excluding steroid dienone is 2. The van der Waals surface area contributed by atoms with Crippen LogP contribution in [-0.4, -0.2) is 18.5 Å². The van der Waals surface area contributed by atoms with Crippen molar-refractivity contribution in [1.29, 1.82) is 0 Å². The number of hydrogen-bond acceptors (Lipinski definition) is 5. The fraction of sp³-hybridized carbons (Fsp3) is 0.250. The van der Waals surface area contributed by atoms with E-state index >= 15 is 0 Å². The standard InChI is InChI=1S/C12H13NO5/c13-12(14)9-8-17-11(18-9)5-3-1-2-4-10-15-6-7-16-10/h1-3,5-8,10-11H,4H2,(H2,13,14)/b2-1+,5-3+. The minimum absolute atomic E-state index is 0.0208. The Morgan fingerprint density at radius 2 is 2.06 bits per heavy atom. The Hall–Kier alpha value is -2.37. The van der Waals surface area contributed by atoms with Crippen LogP contribution in [-0.2, 0) is 23.7 Å². The summed E-state index contributed by atoms with van der Waals surface area (Å²) in [6.45, 7) is 0. The van der Waals surface area contributed by atoms with Crippen molar-refractivity contribution in [1.82, 2.24) is 0 Å². The zero-order chi connectivity index (χ0) is 12.8. The molecular weight excluding hydrogens is 238 g/mol. The second kappa shape index (κ2) is 5.81. The van der Waals surface area contributed by atoms with Crippen LogP contribution in [0.2, 0.25) is 0 Å². The molecule has 2 aliphatic heterocycles. The van der Waals surface area contributed by atoms with Gasteiger partial charge in [-0.05, 0) is 6.08 Å². The number of rotatable bonds is 5. The monoisotopic (exact) mass is 251 g/mol. The van der Waals surface area contributed by atoms with Crippen molar-refractivity contribution in [2.24, 2.45) is 5.73 Å². The van der Waals surface area contributed by atoms with E-state index in [2.05, 4.69) is 0 Å². The van der Waals surface area contributed by atoms with Crippen LogP contribution in [0, 0.1) is 0 Å². The van der Waals surface area contributed by atoms with Crippen LogP contribution in [0.25, 0.3) is 0 Å². The van der Waals surface area contributed by atoms with Crippen molar-refractivity contribution < 1.29 is 23.7 Å². The van der Waals surface area contributed by atoms with Gasteiger partial charge in [-0.2, -0.15) is 0 Å². The first-order chi connectivity index (χ1) is 8.75. The molecule has 2 rings (SSSR count). The van der Waals surface area contributed by atoms with Gasteiger partial charge in [0.05, 0.1) is 0 Å². The van der Waals surface area contributed by atoms with E-state index in [4.69, 9.17) is 24.7 Å². The molecular formula is C12H13NO5. The highest BCUT2D eigenvalue weighted by molar-refractivity contribution is 5.89. The number of ether oxygens (including phenoxy) is 4. The summed E-state index contributed by atoms with van der Waals surface area (Å²) in [6, 6.07) is 0. The molecule has 2 N–H and O–H groups in total. The molecule has 2 heterocycles. The van der Waals surface area contributed by atoms with Gasteiger partial charge < -0.3 is 24.7 Å². The van der Waals surface area contributed by atoms with Crippen LogP contribution >= 0.6 is 0 Å². The lowest BCUT2D eigenvalue weighted by Gasteiger charge is -2.06. The van der Waals surface area contributed by atoms with Crippen molar-refractivity contribution in [3.8, 4) is 0 Å². The minimum Gasteiger partial charge on any atom is -0.459 e. The summed E-state index contributed by atoms with van der Waals surface area (Å²) >= 11 is 0. The summed E-state index contributed by atoms with van der Waals surface area (Å²) in [7, 11) is 0. The van der Waals surface area contributed by atoms with Crippen LogP contribution in [0.15, 0.2) is 48.8 Å². The van der Waals surface area contributed by atoms with Crippen LogP contribution < -0.4 is 5.73 Å². The summed E-state index contributed by atoms with van der Waals surface area (Å²) in [5.41, 5.74) is 5.02. The summed E-state index contributed by atoms with van der Waals surface area (Å²) in [4.78, 5) is 10.7. The molecule has 0 fully saturated rings. The number of carbonyl (C=O) groups is 1. The molecule has 6 heteroatoms. The number of primary amides is 1. The first kappa shape index (κ1) is 12.1. The van der Waals surface area contributed by atoms with Crippen molar-refractivity contribution in [2.75, 3.05) is 0 Å². The van der Waals surface area contributed by atoms with Gasteiger partial charge in [-0.3, -0.25) is 4.79 Å². The van der Waals surface area contributed by atoms with Crippen molar-refractivity contribution in [3.63, 3.8) is 0 Å². The van der Waals surface area contributed by atoms with E-state index in [0.717, 1.165) is 0 Å². The van der Waals surface area contributed by atoms with Gasteiger partial charge >= 0.3 is 0 Å². The van der Waals surface area contributed by atoms with E-state index in [9.17, 15) is 4.79 Å². The summed E-state index contributed by atoms with van der Waals surface area (Å²) in [5.74, 6) is -0.628. The van der Waals surface area contributed by atoms with Gasteiger partial charge in [0.2, 0.25) is 12.0 Å². The third-order valence-corrected chi connectivity index (χ3v) is 2.16. The zero-order valence-corrected chi connectivity index (χ0v) is 9.52. The van der Waals surface area contributed by atoms with E-state index in [1.807, 2.05) is 6.08 Å². The zero-order valence-electron chi connectivity index (χ0n) is 9.52. The number of carbonyl (C=O) groups excluding carboxylic acids is 1. The Morgan fingerprint density at radius 3 is 2.72 bits per heavy atom. The predicted molar refractivity (Wildman–Crippen MR) is 61.2 cm³/mol.